The topological polar surface area (TPSA) is 32.3 Å². The lowest BCUT2D eigenvalue weighted by Gasteiger charge is -2.12. The lowest BCUT2D eigenvalue weighted by Crippen LogP contribution is -2.22. The molecule has 1 aromatic rings. The fraction of sp³-hybridized carbons (Fsp3) is 0.500. The molecule has 0 saturated carbocycles. The van der Waals surface area contributed by atoms with Crippen LogP contribution in [0.25, 0.3) is 0 Å². The molecule has 3 heteroatoms. The van der Waals surface area contributed by atoms with Crippen LogP contribution < -0.4 is 5.32 Å². The fourth-order valence-electron chi connectivity index (χ4n) is 1.70. The van der Waals surface area contributed by atoms with Crippen molar-refractivity contribution in [3.63, 3.8) is 0 Å². The molecule has 0 fully saturated rings. The molecule has 0 radical (unpaired) electrons. The zero-order valence-electron chi connectivity index (χ0n) is 11.2. The van der Waals surface area contributed by atoms with Crippen LogP contribution in [0, 0.1) is 13.8 Å². The van der Waals surface area contributed by atoms with Crippen LogP contribution in [-0.2, 0) is 4.79 Å². The van der Waals surface area contributed by atoms with Crippen LogP contribution in [0.4, 0.5) is 5.69 Å². The Morgan fingerprint density at radius 3 is 2.59 bits per heavy atom. The first kappa shape index (κ1) is 13.6. The molecule has 0 aliphatic rings. The quantitative estimate of drug-likeness (QED) is 0.794. The van der Waals surface area contributed by atoms with Crippen molar-refractivity contribution in [1.29, 1.82) is 0 Å². The van der Waals surface area contributed by atoms with Gasteiger partial charge in [-0.2, -0.15) is 0 Å². The maximum atomic E-state index is 11.4. The molecule has 3 nitrogen and oxygen atoms in total. The summed E-state index contributed by atoms with van der Waals surface area (Å²) in [4.78, 5) is 13.0. The number of amides is 1. The Hall–Kier alpha value is -1.51. The van der Waals surface area contributed by atoms with Gasteiger partial charge in [0.2, 0.25) is 5.91 Å². The van der Waals surface area contributed by atoms with Gasteiger partial charge in [0, 0.05) is 32.7 Å². The Bertz CT molecular complexity index is 386. The summed E-state index contributed by atoms with van der Waals surface area (Å²) in [5, 5.41) is 3.36. The average molecular weight is 234 g/mol. The number of nitrogens with zero attached hydrogens (tertiary/aromatic N) is 1. The van der Waals surface area contributed by atoms with Crippen molar-refractivity contribution >= 4 is 11.6 Å². The van der Waals surface area contributed by atoms with E-state index in [0.29, 0.717) is 6.42 Å². The van der Waals surface area contributed by atoms with Crippen molar-refractivity contribution in [3.8, 4) is 0 Å². The van der Waals surface area contributed by atoms with Crippen molar-refractivity contribution < 1.29 is 4.79 Å². The van der Waals surface area contributed by atoms with Crippen molar-refractivity contribution in [2.24, 2.45) is 0 Å². The van der Waals surface area contributed by atoms with Crippen LogP contribution in [0.15, 0.2) is 18.2 Å². The van der Waals surface area contributed by atoms with Gasteiger partial charge < -0.3 is 10.2 Å². The molecule has 0 spiro atoms. The average Bonchev–Trinajstić information content (AvgIpc) is 2.26. The molecule has 1 N–H and O–H groups in total. The Morgan fingerprint density at radius 2 is 2.00 bits per heavy atom. The molecular weight excluding hydrogens is 212 g/mol. The van der Waals surface area contributed by atoms with E-state index < -0.39 is 0 Å². The maximum Gasteiger partial charge on any atom is 0.222 e. The summed E-state index contributed by atoms with van der Waals surface area (Å²) < 4.78 is 0. The third-order valence-corrected chi connectivity index (χ3v) is 2.76. The minimum atomic E-state index is 0.187. The minimum absolute atomic E-state index is 0.187. The number of hydrogen-bond donors (Lipinski definition) is 1. The van der Waals surface area contributed by atoms with E-state index >= 15 is 0 Å². The van der Waals surface area contributed by atoms with E-state index in [4.69, 9.17) is 0 Å². The molecule has 0 aliphatic carbocycles. The van der Waals surface area contributed by atoms with E-state index in [-0.39, 0.29) is 5.91 Å². The van der Waals surface area contributed by atoms with Crippen molar-refractivity contribution in [2.75, 3.05) is 26.0 Å². The van der Waals surface area contributed by atoms with Gasteiger partial charge in [-0.25, -0.2) is 0 Å². The number of nitrogens with one attached hydrogen (secondary N) is 1. The van der Waals surface area contributed by atoms with E-state index in [2.05, 4.69) is 37.4 Å². The van der Waals surface area contributed by atoms with Gasteiger partial charge in [0.05, 0.1) is 0 Å². The summed E-state index contributed by atoms with van der Waals surface area (Å²) in [5.41, 5.74) is 3.69. The maximum absolute atomic E-state index is 11.4. The summed E-state index contributed by atoms with van der Waals surface area (Å²) in [6.07, 6.45) is 1.47. The number of rotatable bonds is 5. The summed E-state index contributed by atoms with van der Waals surface area (Å²) in [7, 11) is 3.58. The summed E-state index contributed by atoms with van der Waals surface area (Å²) in [5.74, 6) is 0.187. The van der Waals surface area contributed by atoms with E-state index in [1.807, 2.05) is 0 Å². The first-order valence-corrected chi connectivity index (χ1v) is 6.02. The molecule has 0 bridgehead atoms. The third-order valence-electron chi connectivity index (χ3n) is 2.76. The van der Waals surface area contributed by atoms with Gasteiger partial charge in [0.25, 0.3) is 0 Å². The molecular formula is C14H22N2O. The predicted octanol–water partition coefficient (Wildman–Crippen LogP) is 2.58. The number of hydrogen-bond acceptors (Lipinski definition) is 2. The van der Waals surface area contributed by atoms with Gasteiger partial charge in [0.1, 0.15) is 0 Å². The molecule has 0 atom stereocenters. The molecule has 17 heavy (non-hydrogen) atoms. The van der Waals surface area contributed by atoms with E-state index in [1.54, 1.807) is 19.0 Å². The van der Waals surface area contributed by atoms with Crippen LogP contribution >= 0.6 is 0 Å². The number of carbonyl (C=O) groups excluding carboxylic acids is 1. The van der Waals surface area contributed by atoms with Gasteiger partial charge in [-0.15, -0.1) is 0 Å². The van der Waals surface area contributed by atoms with Gasteiger partial charge in [-0.3, -0.25) is 4.79 Å². The van der Waals surface area contributed by atoms with Gasteiger partial charge in [0.15, 0.2) is 0 Å². The fourth-order valence-corrected chi connectivity index (χ4v) is 1.70. The first-order valence-electron chi connectivity index (χ1n) is 6.02. The number of carbonyl (C=O) groups is 1. The Labute approximate surface area is 104 Å². The van der Waals surface area contributed by atoms with Crippen LogP contribution in [0.2, 0.25) is 0 Å². The highest BCUT2D eigenvalue weighted by atomic mass is 16.2. The van der Waals surface area contributed by atoms with E-state index in [9.17, 15) is 4.79 Å². The standard InChI is InChI=1S/C14H22N2O/c1-11-7-8-13(12(2)10-11)15-9-5-6-14(17)16(3)4/h7-8,10,15H,5-6,9H2,1-4H3. The largest absolute Gasteiger partial charge is 0.385 e. The highest BCUT2D eigenvalue weighted by Crippen LogP contribution is 2.15. The Balaban J connectivity index is 2.34. The second-order valence-corrected chi connectivity index (χ2v) is 4.64. The zero-order valence-corrected chi connectivity index (χ0v) is 11.2. The Morgan fingerprint density at radius 1 is 1.29 bits per heavy atom. The van der Waals surface area contributed by atoms with Gasteiger partial charge in [-0.1, -0.05) is 17.7 Å². The highest BCUT2D eigenvalue weighted by molar-refractivity contribution is 5.75. The molecule has 1 amide bonds. The number of anilines is 1. The van der Waals surface area contributed by atoms with Crippen molar-refractivity contribution in [1.82, 2.24) is 4.90 Å². The molecule has 0 aromatic heterocycles. The molecule has 0 heterocycles. The zero-order chi connectivity index (χ0) is 12.8. The van der Waals surface area contributed by atoms with Gasteiger partial charge in [-0.05, 0) is 31.9 Å². The number of aryl methyl sites for hydroxylation is 2. The molecule has 1 rings (SSSR count). The van der Waals surface area contributed by atoms with Crippen molar-refractivity contribution in [3.05, 3.63) is 29.3 Å². The SMILES string of the molecule is Cc1ccc(NCCCC(=O)N(C)C)c(C)c1. The molecule has 0 aliphatic heterocycles. The monoisotopic (exact) mass is 234 g/mol. The van der Waals surface area contributed by atoms with Crippen LogP contribution in [0.1, 0.15) is 24.0 Å². The molecule has 0 unspecified atom stereocenters. The number of benzene rings is 1. The second kappa shape index (κ2) is 6.28. The van der Waals surface area contributed by atoms with Crippen LogP contribution in [-0.4, -0.2) is 31.4 Å². The van der Waals surface area contributed by atoms with Crippen LogP contribution in [0.3, 0.4) is 0 Å². The Kier molecular flexibility index (Phi) is 5.01. The summed E-state index contributed by atoms with van der Waals surface area (Å²) >= 11 is 0. The predicted molar refractivity (Wildman–Crippen MR) is 72.3 cm³/mol. The van der Waals surface area contributed by atoms with E-state index in [1.165, 1.54) is 11.1 Å². The van der Waals surface area contributed by atoms with Gasteiger partial charge >= 0.3 is 0 Å². The summed E-state index contributed by atoms with van der Waals surface area (Å²) in [6, 6.07) is 6.35. The normalized spacial score (nSPS) is 10.1. The first-order chi connectivity index (χ1) is 8.00. The van der Waals surface area contributed by atoms with E-state index in [0.717, 1.165) is 18.7 Å². The summed E-state index contributed by atoms with van der Waals surface area (Å²) in [6.45, 7) is 5.02. The molecule has 1 aromatic carbocycles. The third kappa shape index (κ3) is 4.47. The smallest absolute Gasteiger partial charge is 0.222 e. The lowest BCUT2D eigenvalue weighted by molar-refractivity contribution is -0.128. The van der Waals surface area contributed by atoms with Crippen molar-refractivity contribution in [2.45, 2.75) is 26.7 Å². The van der Waals surface area contributed by atoms with Crippen LogP contribution in [0.5, 0.6) is 0 Å². The molecule has 94 valence electrons. The lowest BCUT2D eigenvalue weighted by atomic mass is 10.1. The minimum Gasteiger partial charge on any atom is -0.385 e. The second-order valence-electron chi connectivity index (χ2n) is 4.64. The highest BCUT2D eigenvalue weighted by Gasteiger charge is 2.03. The molecule has 0 saturated heterocycles.